The summed E-state index contributed by atoms with van der Waals surface area (Å²) in [7, 11) is 3.42. The van der Waals surface area contributed by atoms with Gasteiger partial charge in [0.15, 0.2) is 0 Å². The summed E-state index contributed by atoms with van der Waals surface area (Å²) in [4.78, 5) is 28.4. The molecule has 178 valence electrons. The van der Waals surface area contributed by atoms with Crippen molar-refractivity contribution in [3.05, 3.63) is 26.9 Å². The van der Waals surface area contributed by atoms with Gasteiger partial charge in [0.05, 0.1) is 24.3 Å². The Bertz CT molecular complexity index is 1070. The summed E-state index contributed by atoms with van der Waals surface area (Å²) in [6.07, 6.45) is 4.69. The van der Waals surface area contributed by atoms with Crippen molar-refractivity contribution in [3.63, 3.8) is 0 Å². The van der Waals surface area contributed by atoms with Crippen LogP contribution in [0.2, 0.25) is 0 Å². The zero-order chi connectivity index (χ0) is 23.7. The number of fused-ring (bicyclic) bond motifs is 1. The van der Waals surface area contributed by atoms with Crippen molar-refractivity contribution in [2.75, 3.05) is 19.0 Å². The van der Waals surface area contributed by atoms with Crippen molar-refractivity contribution >= 4 is 46.1 Å². The first-order chi connectivity index (χ1) is 15.8. The molecule has 3 atom stereocenters. The number of Topliss-reactive ketones (excluding diaryl/α,β-unsaturated/α-hetero) is 1. The molecule has 4 rings (SSSR count). The molecule has 7 nitrogen and oxygen atoms in total. The third-order valence-corrected chi connectivity index (χ3v) is 8.14. The van der Waals surface area contributed by atoms with Crippen LogP contribution in [0.3, 0.4) is 0 Å². The molecular weight excluding hydrogens is 458 g/mol. The average molecular weight is 490 g/mol. The van der Waals surface area contributed by atoms with Crippen LogP contribution < -0.4 is 10.1 Å². The second kappa shape index (κ2) is 9.93. The minimum atomic E-state index is -0.301. The molecule has 0 spiro atoms. The highest BCUT2D eigenvalue weighted by molar-refractivity contribution is 7.80. The fourth-order valence-electron chi connectivity index (χ4n) is 4.63. The largest absolute Gasteiger partial charge is 0.480 e. The molecule has 33 heavy (non-hydrogen) atoms. The maximum Gasteiger partial charge on any atom is 0.339 e. The van der Waals surface area contributed by atoms with E-state index in [4.69, 9.17) is 21.7 Å². The molecule has 0 bridgehead atoms. The van der Waals surface area contributed by atoms with Crippen LogP contribution in [0.25, 0.3) is 0 Å². The zero-order valence-corrected chi connectivity index (χ0v) is 21.2. The number of methoxy groups -OCH3 is 1. The fraction of sp³-hybridized carbons (Fsp3) is 0.583. The van der Waals surface area contributed by atoms with Crippen LogP contribution in [0.4, 0.5) is 5.82 Å². The average Bonchev–Trinajstić information content (AvgIpc) is 3.25. The number of thiophene rings is 1. The van der Waals surface area contributed by atoms with Gasteiger partial charge in [-0.25, -0.2) is 9.48 Å². The molecule has 2 aromatic heterocycles. The summed E-state index contributed by atoms with van der Waals surface area (Å²) < 4.78 is 12.3. The number of rotatable bonds is 9. The lowest BCUT2D eigenvalue weighted by atomic mass is 9.84. The van der Waals surface area contributed by atoms with E-state index in [1.54, 1.807) is 23.1 Å². The lowest BCUT2D eigenvalue weighted by Gasteiger charge is -2.23. The Hall–Kier alpha value is -2.26. The van der Waals surface area contributed by atoms with Gasteiger partial charge in [-0.15, -0.1) is 16.4 Å². The topological polar surface area (TPSA) is 82.5 Å². The molecule has 0 aliphatic heterocycles. The maximum atomic E-state index is 12.9. The number of esters is 1. The van der Waals surface area contributed by atoms with Crippen LogP contribution in [0, 0.1) is 17.8 Å². The first-order valence-corrected chi connectivity index (χ1v) is 12.7. The number of anilines is 1. The van der Waals surface area contributed by atoms with Gasteiger partial charge < -0.3 is 14.8 Å². The Kier molecular flexibility index (Phi) is 7.19. The zero-order valence-electron chi connectivity index (χ0n) is 19.6. The number of aromatic nitrogens is 2. The highest BCUT2D eigenvalue weighted by Crippen LogP contribution is 2.42. The lowest BCUT2D eigenvalue weighted by Crippen LogP contribution is -2.22. The minimum absolute atomic E-state index is 0.154. The number of ketones is 1. The predicted octanol–water partition coefficient (Wildman–Crippen LogP) is 4.37. The van der Waals surface area contributed by atoms with Crippen LogP contribution in [-0.2, 0) is 35.8 Å². The number of ether oxygens (including phenoxy) is 2. The SMILES string of the molecule is CCOC(=O)c1c(CC(=O)C2C[C@@H]2C)sc2c1C[C@@H](CC(=S)Nc1cc(OC)nn1C)CC2. The third kappa shape index (κ3) is 5.30. The van der Waals surface area contributed by atoms with Crippen molar-refractivity contribution in [3.8, 4) is 5.88 Å². The normalized spacial score (nSPS) is 21.3. The van der Waals surface area contributed by atoms with Gasteiger partial charge in [0, 0.05) is 41.6 Å². The van der Waals surface area contributed by atoms with Gasteiger partial charge in [-0.05, 0) is 50.0 Å². The summed E-state index contributed by atoms with van der Waals surface area (Å²) in [6.45, 7) is 4.24. The molecule has 9 heteroatoms. The van der Waals surface area contributed by atoms with Crippen LogP contribution in [0.1, 0.15) is 58.8 Å². The maximum absolute atomic E-state index is 12.9. The molecule has 0 amide bonds. The summed E-state index contributed by atoms with van der Waals surface area (Å²) in [5, 5.41) is 7.52. The molecule has 0 radical (unpaired) electrons. The predicted molar refractivity (Wildman–Crippen MR) is 132 cm³/mol. The van der Waals surface area contributed by atoms with E-state index in [0.717, 1.165) is 46.9 Å². The molecule has 1 N–H and O–H groups in total. The quantitative estimate of drug-likeness (QED) is 0.414. The van der Waals surface area contributed by atoms with Crippen LogP contribution in [0.15, 0.2) is 6.07 Å². The number of hydrogen-bond donors (Lipinski definition) is 1. The number of carbonyl (C=O) groups is 2. The lowest BCUT2D eigenvalue weighted by molar-refractivity contribution is -0.119. The van der Waals surface area contributed by atoms with Gasteiger partial charge in [0.1, 0.15) is 11.6 Å². The Labute approximate surface area is 203 Å². The van der Waals surface area contributed by atoms with E-state index in [1.807, 2.05) is 20.0 Å². The van der Waals surface area contributed by atoms with Gasteiger partial charge in [0.2, 0.25) is 5.88 Å². The number of thiocarbonyl (C=S) groups is 1. The van der Waals surface area contributed by atoms with E-state index in [9.17, 15) is 9.59 Å². The van der Waals surface area contributed by atoms with E-state index in [2.05, 4.69) is 17.3 Å². The number of hydrogen-bond acceptors (Lipinski definition) is 7. The molecular formula is C24H31N3O4S2. The van der Waals surface area contributed by atoms with Crippen LogP contribution in [-0.4, -0.2) is 40.2 Å². The molecule has 1 saturated carbocycles. The molecule has 2 aliphatic rings. The van der Waals surface area contributed by atoms with E-state index < -0.39 is 0 Å². The highest BCUT2D eigenvalue weighted by atomic mass is 32.1. The van der Waals surface area contributed by atoms with Crippen LogP contribution in [0.5, 0.6) is 5.88 Å². The number of nitrogens with one attached hydrogen (secondary N) is 1. The third-order valence-electron chi connectivity index (χ3n) is 6.58. The number of nitrogens with zero attached hydrogens (tertiary/aromatic N) is 2. The smallest absolute Gasteiger partial charge is 0.339 e. The Morgan fingerprint density at radius 2 is 2.15 bits per heavy atom. The molecule has 2 aromatic rings. The Morgan fingerprint density at radius 3 is 2.79 bits per heavy atom. The van der Waals surface area contributed by atoms with Crippen molar-refractivity contribution in [1.29, 1.82) is 0 Å². The number of carbonyl (C=O) groups excluding carboxylic acids is 2. The van der Waals surface area contributed by atoms with E-state index in [1.165, 1.54) is 4.88 Å². The standard InChI is InChI=1S/C24H31N3O4S2/c1-5-31-24(29)23-16-9-14(10-22(32)25-20-12-21(30-4)26-27(20)3)6-7-18(16)33-19(23)11-17(28)15-8-13(15)2/h12-15H,5-11H2,1-4H3,(H,25,32)/t13-,14-,15?/m0/s1. The van der Waals surface area contributed by atoms with Crippen LogP contribution >= 0.6 is 23.6 Å². The summed E-state index contributed by atoms with van der Waals surface area (Å²) in [5.41, 5.74) is 1.70. The summed E-state index contributed by atoms with van der Waals surface area (Å²) in [6, 6.07) is 1.81. The molecule has 1 unspecified atom stereocenters. The molecule has 0 saturated heterocycles. The van der Waals surface area contributed by atoms with E-state index in [-0.39, 0.29) is 17.7 Å². The number of aryl methyl sites for hydroxylation is 2. The fourth-order valence-corrected chi connectivity index (χ4v) is 6.31. The van der Waals surface area contributed by atoms with E-state index >= 15 is 0 Å². The van der Waals surface area contributed by atoms with Crippen molar-refractivity contribution in [1.82, 2.24) is 9.78 Å². The van der Waals surface area contributed by atoms with Gasteiger partial charge in [-0.3, -0.25) is 4.79 Å². The molecule has 0 aromatic carbocycles. The molecule has 1 fully saturated rings. The van der Waals surface area contributed by atoms with Gasteiger partial charge in [0.25, 0.3) is 0 Å². The second-order valence-corrected chi connectivity index (χ2v) is 10.7. The molecule has 2 heterocycles. The molecule has 2 aliphatic carbocycles. The minimum Gasteiger partial charge on any atom is -0.480 e. The summed E-state index contributed by atoms with van der Waals surface area (Å²) >= 11 is 7.25. The monoisotopic (exact) mass is 489 g/mol. The van der Waals surface area contributed by atoms with Gasteiger partial charge >= 0.3 is 5.97 Å². The first-order valence-electron chi connectivity index (χ1n) is 11.5. The summed E-state index contributed by atoms with van der Waals surface area (Å²) in [5.74, 6) is 2.21. The van der Waals surface area contributed by atoms with Gasteiger partial charge in [-0.1, -0.05) is 19.1 Å². The van der Waals surface area contributed by atoms with Crippen molar-refractivity contribution in [2.24, 2.45) is 24.8 Å². The first kappa shape index (κ1) is 23.9. The Morgan fingerprint density at radius 1 is 1.39 bits per heavy atom. The van der Waals surface area contributed by atoms with Crippen molar-refractivity contribution < 1.29 is 19.1 Å². The highest BCUT2D eigenvalue weighted by Gasteiger charge is 2.40. The van der Waals surface area contributed by atoms with Crippen molar-refractivity contribution in [2.45, 2.75) is 52.4 Å². The van der Waals surface area contributed by atoms with Gasteiger partial charge in [-0.2, -0.15) is 0 Å². The second-order valence-electron chi connectivity index (χ2n) is 9.04. The Balaban J connectivity index is 1.48. The van der Waals surface area contributed by atoms with E-state index in [0.29, 0.717) is 42.7 Å².